The molecule has 2 rings (SSSR count). The van der Waals surface area contributed by atoms with Crippen LogP contribution in [0.2, 0.25) is 0 Å². The Labute approximate surface area is 104 Å². The second-order valence-electron chi connectivity index (χ2n) is 5.63. The summed E-state index contributed by atoms with van der Waals surface area (Å²) >= 11 is 0. The molecule has 4 heteroatoms. The maximum atomic E-state index is 11.9. The SMILES string of the molecule is CC1(C)CCCC1NC(=O)[C@@H]1CCNC1.Cl. The minimum Gasteiger partial charge on any atom is -0.353 e. The maximum absolute atomic E-state index is 11.9. The molecule has 1 amide bonds. The van der Waals surface area contributed by atoms with Crippen LogP contribution in [0.1, 0.15) is 39.5 Å². The first kappa shape index (κ1) is 13.8. The monoisotopic (exact) mass is 246 g/mol. The number of nitrogens with one attached hydrogen (secondary N) is 2. The highest BCUT2D eigenvalue weighted by atomic mass is 35.5. The van der Waals surface area contributed by atoms with E-state index in [9.17, 15) is 4.79 Å². The van der Waals surface area contributed by atoms with Crippen molar-refractivity contribution in [2.75, 3.05) is 13.1 Å². The summed E-state index contributed by atoms with van der Waals surface area (Å²) in [6.07, 6.45) is 4.64. The normalized spacial score (nSPS) is 32.1. The van der Waals surface area contributed by atoms with Crippen LogP contribution in [0.4, 0.5) is 0 Å². The Morgan fingerprint density at radius 2 is 2.12 bits per heavy atom. The van der Waals surface area contributed by atoms with E-state index in [0.717, 1.165) is 25.9 Å². The van der Waals surface area contributed by atoms with Gasteiger partial charge in [0.15, 0.2) is 0 Å². The van der Waals surface area contributed by atoms with E-state index in [1.54, 1.807) is 0 Å². The van der Waals surface area contributed by atoms with Gasteiger partial charge in [-0.3, -0.25) is 4.79 Å². The van der Waals surface area contributed by atoms with Crippen LogP contribution in [-0.2, 0) is 4.79 Å². The molecule has 3 nitrogen and oxygen atoms in total. The van der Waals surface area contributed by atoms with Gasteiger partial charge in [0.1, 0.15) is 0 Å². The molecule has 2 fully saturated rings. The second kappa shape index (κ2) is 5.37. The molecule has 2 N–H and O–H groups in total. The zero-order valence-corrected chi connectivity index (χ0v) is 11.0. The topological polar surface area (TPSA) is 41.1 Å². The first-order valence-electron chi connectivity index (χ1n) is 6.11. The molecule has 0 aromatic rings. The smallest absolute Gasteiger partial charge is 0.224 e. The fourth-order valence-electron chi connectivity index (χ4n) is 2.76. The Morgan fingerprint density at radius 1 is 1.38 bits per heavy atom. The molecule has 0 aromatic heterocycles. The third kappa shape index (κ3) is 2.89. The predicted octanol–water partition coefficient (Wildman–Crippen LogP) is 1.71. The van der Waals surface area contributed by atoms with Crippen molar-refractivity contribution in [1.29, 1.82) is 0 Å². The number of carbonyl (C=O) groups excluding carboxylic acids is 1. The molecule has 1 saturated heterocycles. The fourth-order valence-corrected chi connectivity index (χ4v) is 2.76. The summed E-state index contributed by atoms with van der Waals surface area (Å²) in [5.74, 6) is 0.473. The molecular weight excluding hydrogens is 224 g/mol. The van der Waals surface area contributed by atoms with Gasteiger partial charge in [-0.1, -0.05) is 20.3 Å². The molecular formula is C12H23ClN2O. The Bertz CT molecular complexity index is 249. The van der Waals surface area contributed by atoms with Gasteiger partial charge < -0.3 is 10.6 Å². The number of hydrogen-bond donors (Lipinski definition) is 2. The lowest BCUT2D eigenvalue weighted by Crippen LogP contribution is -2.44. The number of hydrogen-bond acceptors (Lipinski definition) is 2. The lowest BCUT2D eigenvalue weighted by atomic mass is 9.87. The summed E-state index contributed by atoms with van der Waals surface area (Å²) in [6, 6.07) is 0.394. The number of amides is 1. The van der Waals surface area contributed by atoms with Crippen molar-refractivity contribution >= 4 is 18.3 Å². The first-order valence-corrected chi connectivity index (χ1v) is 6.11. The van der Waals surface area contributed by atoms with Gasteiger partial charge in [0.25, 0.3) is 0 Å². The fraction of sp³-hybridized carbons (Fsp3) is 0.917. The highest BCUT2D eigenvalue weighted by molar-refractivity contribution is 5.85. The van der Waals surface area contributed by atoms with Crippen molar-refractivity contribution in [2.24, 2.45) is 11.3 Å². The van der Waals surface area contributed by atoms with Gasteiger partial charge in [-0.2, -0.15) is 0 Å². The van der Waals surface area contributed by atoms with Gasteiger partial charge in [-0.25, -0.2) is 0 Å². The van der Waals surface area contributed by atoms with Crippen molar-refractivity contribution in [3.8, 4) is 0 Å². The third-order valence-corrected chi connectivity index (χ3v) is 4.00. The van der Waals surface area contributed by atoms with Gasteiger partial charge in [0, 0.05) is 12.6 Å². The molecule has 0 spiro atoms. The van der Waals surface area contributed by atoms with Gasteiger partial charge in [0.2, 0.25) is 5.91 Å². The molecule has 1 unspecified atom stereocenters. The minimum atomic E-state index is 0. The highest BCUT2D eigenvalue weighted by Crippen LogP contribution is 2.37. The molecule has 0 aromatic carbocycles. The molecule has 1 aliphatic carbocycles. The number of rotatable bonds is 2. The van der Waals surface area contributed by atoms with Crippen molar-refractivity contribution in [3.05, 3.63) is 0 Å². The molecule has 2 atom stereocenters. The second-order valence-corrected chi connectivity index (χ2v) is 5.63. The molecule has 1 heterocycles. The number of halogens is 1. The average molecular weight is 247 g/mol. The van der Waals surface area contributed by atoms with E-state index in [2.05, 4.69) is 24.5 Å². The standard InChI is InChI=1S/C12H22N2O.ClH/c1-12(2)6-3-4-10(12)14-11(15)9-5-7-13-8-9;/h9-10,13H,3-8H2,1-2H3,(H,14,15);1H/t9-,10?;/m1./s1. The van der Waals surface area contributed by atoms with Gasteiger partial charge in [-0.05, 0) is 31.2 Å². The van der Waals surface area contributed by atoms with E-state index < -0.39 is 0 Å². The van der Waals surface area contributed by atoms with Gasteiger partial charge in [0.05, 0.1) is 5.92 Å². The lowest BCUT2D eigenvalue weighted by molar-refractivity contribution is -0.125. The third-order valence-electron chi connectivity index (χ3n) is 4.00. The van der Waals surface area contributed by atoms with Crippen LogP contribution < -0.4 is 10.6 Å². The van der Waals surface area contributed by atoms with Crippen molar-refractivity contribution in [1.82, 2.24) is 10.6 Å². The van der Waals surface area contributed by atoms with E-state index in [0.29, 0.717) is 11.5 Å². The van der Waals surface area contributed by atoms with Crippen LogP contribution >= 0.6 is 12.4 Å². The van der Waals surface area contributed by atoms with E-state index in [4.69, 9.17) is 0 Å². The molecule has 1 aliphatic heterocycles. The summed E-state index contributed by atoms with van der Waals surface area (Å²) in [5.41, 5.74) is 0.293. The lowest BCUT2D eigenvalue weighted by Gasteiger charge is -2.28. The Morgan fingerprint density at radius 3 is 2.62 bits per heavy atom. The zero-order valence-electron chi connectivity index (χ0n) is 10.2. The van der Waals surface area contributed by atoms with E-state index in [1.807, 2.05) is 0 Å². The van der Waals surface area contributed by atoms with Crippen LogP contribution in [0.3, 0.4) is 0 Å². The van der Waals surface area contributed by atoms with Crippen LogP contribution in [0.25, 0.3) is 0 Å². The summed E-state index contributed by atoms with van der Waals surface area (Å²) in [5, 5.41) is 6.47. The van der Waals surface area contributed by atoms with Crippen molar-refractivity contribution in [3.63, 3.8) is 0 Å². The first-order chi connectivity index (χ1) is 7.09. The average Bonchev–Trinajstić information content (AvgIpc) is 2.76. The molecule has 1 saturated carbocycles. The molecule has 0 radical (unpaired) electrons. The Kier molecular flexibility index (Phi) is 4.62. The molecule has 2 aliphatic rings. The van der Waals surface area contributed by atoms with E-state index >= 15 is 0 Å². The molecule has 16 heavy (non-hydrogen) atoms. The van der Waals surface area contributed by atoms with Crippen molar-refractivity contribution in [2.45, 2.75) is 45.6 Å². The summed E-state index contributed by atoms with van der Waals surface area (Å²) in [4.78, 5) is 11.9. The van der Waals surface area contributed by atoms with E-state index in [1.165, 1.54) is 12.8 Å². The van der Waals surface area contributed by atoms with Crippen LogP contribution in [-0.4, -0.2) is 25.0 Å². The van der Waals surface area contributed by atoms with Crippen LogP contribution in [0.5, 0.6) is 0 Å². The minimum absolute atomic E-state index is 0. The Hall–Kier alpha value is -0.280. The summed E-state index contributed by atoms with van der Waals surface area (Å²) in [6.45, 7) is 6.38. The largest absolute Gasteiger partial charge is 0.353 e. The molecule has 0 bridgehead atoms. The summed E-state index contributed by atoms with van der Waals surface area (Å²) < 4.78 is 0. The predicted molar refractivity (Wildman–Crippen MR) is 67.8 cm³/mol. The zero-order chi connectivity index (χ0) is 10.9. The maximum Gasteiger partial charge on any atom is 0.224 e. The van der Waals surface area contributed by atoms with E-state index in [-0.39, 0.29) is 24.2 Å². The van der Waals surface area contributed by atoms with Gasteiger partial charge >= 0.3 is 0 Å². The highest BCUT2D eigenvalue weighted by Gasteiger charge is 2.36. The van der Waals surface area contributed by atoms with Crippen LogP contribution in [0.15, 0.2) is 0 Å². The number of carbonyl (C=O) groups is 1. The molecule has 94 valence electrons. The quantitative estimate of drug-likeness (QED) is 0.779. The van der Waals surface area contributed by atoms with Crippen LogP contribution in [0, 0.1) is 11.3 Å². The summed E-state index contributed by atoms with van der Waals surface area (Å²) in [7, 11) is 0. The Balaban J connectivity index is 0.00000128. The van der Waals surface area contributed by atoms with Crippen molar-refractivity contribution < 1.29 is 4.79 Å². The van der Waals surface area contributed by atoms with Gasteiger partial charge in [-0.15, -0.1) is 12.4 Å².